The minimum absolute atomic E-state index is 0.0877. The zero-order valence-corrected chi connectivity index (χ0v) is 38.5. The molecule has 22 heteroatoms. The summed E-state index contributed by atoms with van der Waals surface area (Å²) in [5.74, 6) is -1.15. The second kappa shape index (κ2) is 19.7. The summed E-state index contributed by atoms with van der Waals surface area (Å²) in [4.78, 5) is 15.2. The number of nitrogens with zero attached hydrogens (tertiary/aromatic N) is 5. The van der Waals surface area contributed by atoms with E-state index in [4.69, 9.17) is 16.6 Å². The van der Waals surface area contributed by atoms with Crippen molar-refractivity contribution in [3.8, 4) is 23.0 Å². The number of likely N-dealkylation sites (N-methyl/N-ethyl adjacent to an activating group) is 1. The van der Waals surface area contributed by atoms with Crippen molar-refractivity contribution in [3.63, 3.8) is 0 Å². The van der Waals surface area contributed by atoms with Crippen molar-refractivity contribution in [1.82, 2.24) is 29.9 Å². The molecule has 5 atom stereocenters. The third-order valence-electron chi connectivity index (χ3n) is 10.8. The Kier molecular flexibility index (Phi) is 15.5. The number of nitrogens with one attached hydrogen (secondary N) is 2. The molecule has 0 saturated heterocycles. The van der Waals surface area contributed by atoms with E-state index in [9.17, 15) is 52.9 Å². The lowest BCUT2D eigenvalue weighted by molar-refractivity contribution is -0.142. The number of fused-ring (bicyclic) bond motifs is 4. The molecule has 3 aromatic heterocycles. The number of halogens is 11. The number of rotatable bonds is 11. The van der Waals surface area contributed by atoms with Crippen molar-refractivity contribution >= 4 is 57.4 Å². The Labute approximate surface area is 380 Å². The van der Waals surface area contributed by atoms with E-state index in [1.165, 1.54) is 19.1 Å². The Balaban J connectivity index is 0.000000312. The molecule has 9 nitrogen and oxygen atoms in total. The number of carbonyl (C=O) groups excluding carboxylic acids is 1. The quantitative estimate of drug-likeness (QED) is 0.0583. The highest BCUT2D eigenvalue weighted by atomic mass is 35.5. The van der Waals surface area contributed by atoms with Crippen LogP contribution in [0.25, 0.3) is 22.0 Å². The van der Waals surface area contributed by atoms with Crippen molar-refractivity contribution < 1.29 is 52.9 Å². The minimum Gasteiger partial charge on any atom is -0.313 e. The molecular formula is C43H44ClF10N7O2S2. The van der Waals surface area contributed by atoms with Gasteiger partial charge in [-0.2, -0.15) is 45.3 Å². The van der Waals surface area contributed by atoms with Gasteiger partial charge in [-0.3, -0.25) is 13.6 Å². The van der Waals surface area contributed by atoms with E-state index in [1.54, 1.807) is 57.7 Å². The lowest BCUT2D eigenvalue weighted by Crippen LogP contribution is -2.23. The molecule has 5 unspecified atom stereocenters. The molecule has 1 saturated carbocycles. The molecule has 352 valence electrons. The molecule has 2 aromatic carbocycles. The molecule has 2 aliphatic carbocycles. The molecule has 0 aliphatic heterocycles. The fourth-order valence-corrected chi connectivity index (χ4v) is 8.52. The molecule has 3 heterocycles. The van der Waals surface area contributed by atoms with Crippen LogP contribution in [0.3, 0.4) is 0 Å². The summed E-state index contributed by atoms with van der Waals surface area (Å²) in [6.07, 6.45) is -5.78. The van der Waals surface area contributed by atoms with Crippen molar-refractivity contribution in [2.24, 2.45) is 11.8 Å². The van der Waals surface area contributed by atoms with Crippen molar-refractivity contribution in [2.45, 2.75) is 89.1 Å². The maximum Gasteiger partial charge on any atom is 0.435 e. The molecule has 0 bridgehead atoms. The second-order valence-electron chi connectivity index (χ2n) is 15.4. The Morgan fingerprint density at radius 2 is 1.63 bits per heavy atom. The lowest BCUT2D eigenvalue weighted by Gasteiger charge is -2.21. The Morgan fingerprint density at radius 3 is 2.18 bits per heavy atom. The summed E-state index contributed by atoms with van der Waals surface area (Å²) < 4.78 is 152. The zero-order valence-electron chi connectivity index (χ0n) is 36.1. The third kappa shape index (κ3) is 10.8. The highest BCUT2D eigenvalue weighted by Gasteiger charge is 2.72. The maximum absolute atomic E-state index is 14.1. The molecule has 2 aliphatic rings. The van der Waals surface area contributed by atoms with Gasteiger partial charge in [-0.05, 0) is 75.0 Å². The predicted octanol–water partition coefficient (Wildman–Crippen LogP) is 10.9. The summed E-state index contributed by atoms with van der Waals surface area (Å²) in [5, 5.41) is 11.0. The lowest BCUT2D eigenvalue weighted by atomic mass is 9.94. The molecule has 5 aromatic rings. The van der Waals surface area contributed by atoms with E-state index in [0.717, 1.165) is 22.7 Å². The number of alkyl halides is 8. The highest BCUT2D eigenvalue weighted by molar-refractivity contribution is 7.99. The predicted molar refractivity (Wildman–Crippen MR) is 232 cm³/mol. The number of benzene rings is 2. The van der Waals surface area contributed by atoms with E-state index >= 15 is 0 Å². The normalized spacial score (nSPS) is 18.2. The van der Waals surface area contributed by atoms with Gasteiger partial charge in [-0.25, -0.2) is 13.8 Å². The first kappa shape index (κ1) is 51.3. The van der Waals surface area contributed by atoms with Crippen molar-refractivity contribution in [2.75, 3.05) is 24.3 Å². The number of anilines is 1. The van der Waals surface area contributed by atoms with Gasteiger partial charge in [0.1, 0.15) is 40.6 Å². The summed E-state index contributed by atoms with van der Waals surface area (Å²) >= 11 is 7.67. The van der Waals surface area contributed by atoms with Gasteiger partial charge in [0.05, 0.1) is 34.2 Å². The number of pyridine rings is 1. The van der Waals surface area contributed by atoms with Crippen LogP contribution < -0.4 is 10.0 Å². The Morgan fingerprint density at radius 1 is 1.00 bits per heavy atom. The number of carbonyl (C=O) groups is 1. The molecular weight excluding hydrogens is 936 g/mol. The van der Waals surface area contributed by atoms with Crippen LogP contribution in [-0.4, -0.2) is 65.5 Å². The van der Waals surface area contributed by atoms with Crippen LogP contribution in [0.5, 0.6) is 0 Å². The molecule has 1 fully saturated rings. The largest absolute Gasteiger partial charge is 0.435 e. The third-order valence-corrected chi connectivity index (χ3v) is 13.0. The van der Waals surface area contributed by atoms with Crippen LogP contribution in [0, 0.1) is 35.3 Å². The van der Waals surface area contributed by atoms with Crippen LogP contribution in [0.4, 0.5) is 49.7 Å². The smallest absolute Gasteiger partial charge is 0.313 e. The van der Waals surface area contributed by atoms with Gasteiger partial charge in [-0.15, -0.1) is 0 Å². The van der Waals surface area contributed by atoms with Gasteiger partial charge >= 0.3 is 12.4 Å². The second-order valence-corrected chi connectivity index (χ2v) is 18.4. The average molecular weight is 980 g/mol. The summed E-state index contributed by atoms with van der Waals surface area (Å²) in [7, 11) is 0.372. The van der Waals surface area contributed by atoms with Crippen LogP contribution in [0.15, 0.2) is 42.5 Å². The van der Waals surface area contributed by atoms with Crippen LogP contribution in [0.1, 0.15) is 80.5 Å². The van der Waals surface area contributed by atoms with Crippen LogP contribution >= 0.6 is 23.5 Å². The fourth-order valence-electron chi connectivity index (χ4n) is 7.75. The van der Waals surface area contributed by atoms with E-state index in [2.05, 4.69) is 32.1 Å². The summed E-state index contributed by atoms with van der Waals surface area (Å²) in [6.45, 7) is 6.99. The van der Waals surface area contributed by atoms with Crippen LogP contribution in [-0.2, 0) is 47.2 Å². The number of aldehydes is 1. The topological polar surface area (TPSA) is 107 Å². The molecule has 0 radical (unpaired) electrons. The summed E-state index contributed by atoms with van der Waals surface area (Å²) in [6, 6.07) is 8.96. The molecule has 65 heavy (non-hydrogen) atoms. The van der Waals surface area contributed by atoms with E-state index in [1.807, 2.05) is 13.8 Å². The first-order valence-corrected chi connectivity index (χ1v) is 23.0. The van der Waals surface area contributed by atoms with Gasteiger partial charge in [0, 0.05) is 57.9 Å². The van der Waals surface area contributed by atoms with Crippen molar-refractivity contribution in [3.05, 3.63) is 93.0 Å². The van der Waals surface area contributed by atoms with Gasteiger partial charge in [-0.1, -0.05) is 56.3 Å². The Bertz CT molecular complexity index is 2630. The fraction of sp³-hybridized carbons (Fsp3) is 0.442. The first-order valence-electron chi connectivity index (χ1n) is 19.9. The first-order chi connectivity index (χ1) is 30.3. The summed E-state index contributed by atoms with van der Waals surface area (Å²) in [5.41, 5.74) is -0.499. The van der Waals surface area contributed by atoms with Gasteiger partial charge < -0.3 is 14.8 Å². The standard InChI is InChI=1S/C30H29ClF5N5OS2.C11H9F5N2O.C2H6/c1-29(2,44(5)42)11-10-20-6-7-21(26(38-20)24(37-3)14-17-12-18(32)15-19(33)13-17)22-8-9-23(31)25-27(22)41(16-30(34,35)36)39-28(25)40-43-4;1-4-5-6-8(11(14,15)16)17-18(2-3-19)9(6)10(12,13)7(4)5;1-2/h6-9,12-13,15,24,37H,14,16H2,1-5H3,(H,39,40);3-5,7H,2H2,1H3;1-2H3. The van der Waals surface area contributed by atoms with E-state index < -0.39 is 99.3 Å². The number of hydrogen-bond donors (Lipinski definition) is 2. The van der Waals surface area contributed by atoms with Crippen LogP contribution in [0.2, 0.25) is 5.02 Å². The van der Waals surface area contributed by atoms with Gasteiger partial charge in [0.2, 0.25) is 0 Å². The Hall–Kier alpha value is -4.65. The van der Waals surface area contributed by atoms with Gasteiger partial charge in [0.25, 0.3) is 5.92 Å². The number of hydrogen-bond acceptors (Lipinski definition) is 8. The highest BCUT2D eigenvalue weighted by Crippen LogP contribution is 2.71. The van der Waals surface area contributed by atoms with Crippen molar-refractivity contribution in [1.29, 1.82) is 0 Å². The number of aromatic nitrogens is 5. The molecule has 7 rings (SSSR count). The monoisotopic (exact) mass is 979 g/mol. The van der Waals surface area contributed by atoms with E-state index in [0.29, 0.717) is 32.8 Å². The zero-order chi connectivity index (χ0) is 48.6. The van der Waals surface area contributed by atoms with E-state index in [-0.39, 0.29) is 34.5 Å². The SMILES string of the molecule is CC.CC1C2c3c(C(F)(F)F)nn(CC=O)c3C(F)(F)C12.CNC(Cc1cc(F)cc(F)c1)c1nc(C#CC(C)(C)S(C)=O)ccc1-c1ccc(Cl)c2c(NSC)nn(CC(F)(F)F)c12. The average Bonchev–Trinajstić information content (AvgIpc) is 3.43. The molecule has 2 N–H and O–H groups in total. The maximum atomic E-state index is 14.1. The minimum atomic E-state index is -4.79. The molecule has 0 spiro atoms. The van der Waals surface area contributed by atoms with Gasteiger partial charge in [0.15, 0.2) is 11.5 Å². The molecule has 0 amide bonds.